The molecule has 0 heteroatoms. The highest BCUT2D eigenvalue weighted by Gasteiger charge is 2.44. The van der Waals surface area contributed by atoms with Crippen molar-refractivity contribution in [2.45, 2.75) is 5.41 Å². The predicted molar refractivity (Wildman–Crippen MR) is 225 cm³/mol. The Hall–Kier alpha value is -6.76. The number of fused-ring (bicyclic) bond motifs is 6. The third-order valence-electron chi connectivity index (χ3n) is 9.19. The standard InChI is InChI=1S/C53H34/c1-3-19-39(20-4-1)53(40-21-5-2-6-22-40)49-28-12-11-25-44(49)46-27-14-26-45-42(31-32-50(53)52(45)46)36-17-13-18-38(33-36)51-43-24-10-8-16-37(43)34-48-41-23-9-7-15-35(41)29-30-47(48)51/h1-34H/i1D,2D,3D,4D,5D,6D,7D,8D,9D,10D,11D,12D,13D,14D,15D,16D,17D,18D,19D,20D,21D,22D,23D,24D,25D,26D,27D,28D,29D,30D,31D,32D,33D,34D. The van der Waals surface area contributed by atoms with E-state index in [1.165, 1.54) is 0 Å². The first kappa shape index (κ1) is 11.6. The molecule has 0 radical (unpaired) electrons. The summed E-state index contributed by atoms with van der Waals surface area (Å²) in [6, 6.07) is -38.1. The fraction of sp³-hybridized carbons (Fsp3) is 0.0189. The molecule has 10 aromatic rings. The van der Waals surface area contributed by atoms with E-state index in [2.05, 4.69) is 0 Å². The molecule has 0 heterocycles. The van der Waals surface area contributed by atoms with Crippen molar-refractivity contribution in [3.8, 4) is 33.4 Å². The Morgan fingerprint density at radius 1 is 0.321 bits per heavy atom. The van der Waals surface area contributed by atoms with Crippen LogP contribution in [0.3, 0.4) is 0 Å². The van der Waals surface area contributed by atoms with Gasteiger partial charge in [0.2, 0.25) is 0 Å². The first-order chi connectivity index (χ1) is 40.5. The van der Waals surface area contributed by atoms with Gasteiger partial charge in [-0.3, -0.25) is 0 Å². The van der Waals surface area contributed by atoms with Crippen LogP contribution in [0.4, 0.5) is 0 Å². The highest BCUT2D eigenvalue weighted by Crippen LogP contribution is 2.56. The summed E-state index contributed by atoms with van der Waals surface area (Å²) < 4.78 is 316. The van der Waals surface area contributed by atoms with E-state index in [4.69, 9.17) is 20.6 Å². The van der Waals surface area contributed by atoms with E-state index in [1.807, 2.05) is 0 Å². The topological polar surface area (TPSA) is 0 Å². The van der Waals surface area contributed by atoms with Crippen molar-refractivity contribution in [3.63, 3.8) is 0 Å². The first-order valence-corrected chi connectivity index (χ1v) is 15.8. The molecule has 1 aliphatic carbocycles. The normalized spacial score (nSPS) is 22.0. The van der Waals surface area contributed by atoms with E-state index < -0.39 is 310 Å². The minimum Gasteiger partial charge on any atom is -0.0622 e. The van der Waals surface area contributed by atoms with Crippen molar-refractivity contribution in [2.24, 2.45) is 0 Å². The summed E-state index contributed by atoms with van der Waals surface area (Å²) in [5.41, 5.74) is -13.6. The molecule has 11 rings (SSSR count). The quantitative estimate of drug-likeness (QED) is 0.126. The molecule has 0 aromatic heterocycles. The maximum atomic E-state index is 10.3. The molecule has 1 aliphatic rings. The second-order valence-electron chi connectivity index (χ2n) is 11.8. The Bertz CT molecular complexity index is 4900. The zero-order valence-corrected chi connectivity index (χ0v) is 26.5. The van der Waals surface area contributed by atoms with Gasteiger partial charge in [-0.2, -0.15) is 0 Å². The lowest BCUT2D eigenvalue weighted by molar-refractivity contribution is 0.750. The average Bonchev–Trinajstić information content (AvgIpc) is 0.662. The lowest BCUT2D eigenvalue weighted by Crippen LogP contribution is -2.33. The summed E-state index contributed by atoms with van der Waals surface area (Å²) >= 11 is 0. The average molecular weight is 705 g/mol. The molecular formula is C53H34. The van der Waals surface area contributed by atoms with Crippen molar-refractivity contribution < 1.29 is 46.6 Å². The zero-order valence-electron chi connectivity index (χ0n) is 60.5. The Labute approximate surface area is 357 Å². The SMILES string of the molecule is [2H]c1c([2H])c([2H])c(C2(c3c([2H])c([2H])c([2H])c([2H])c3[2H])c3c([2H])c([2H])c([2H])c([2H])c3-c3c([2H])c([2H])c([2H])c4c(-c5c([2H])c([2H])c([2H])c(-c6c7c([2H])c([2H])c([2H])c([2H])c7c([2H])c7c6c([2H])c([2H])c6c([2H])c([2H])c([2H])c([2H])c67)c5[2H])c([2H])c([2H])c2c34)c([2H])c1[2H]. The molecule has 0 saturated heterocycles. The largest absolute Gasteiger partial charge is 0.0713 e. The fourth-order valence-electron chi connectivity index (χ4n) is 7.06. The molecule has 0 fully saturated rings. The van der Waals surface area contributed by atoms with Crippen molar-refractivity contribution >= 4 is 43.1 Å². The van der Waals surface area contributed by atoms with Gasteiger partial charge in [0.1, 0.15) is 0 Å². The minimum absolute atomic E-state index is 0.636. The van der Waals surface area contributed by atoms with E-state index in [0.29, 0.717) is 0 Å². The molecule has 0 bridgehead atoms. The Balaban J connectivity index is 1.49. The van der Waals surface area contributed by atoms with Crippen LogP contribution in [0.25, 0.3) is 76.5 Å². The van der Waals surface area contributed by atoms with Crippen LogP contribution < -0.4 is 0 Å². The first-order valence-electron chi connectivity index (χ1n) is 32.8. The van der Waals surface area contributed by atoms with Gasteiger partial charge in [-0.15, -0.1) is 0 Å². The zero-order chi connectivity index (χ0) is 64.5. The van der Waals surface area contributed by atoms with Gasteiger partial charge in [0.25, 0.3) is 0 Å². The van der Waals surface area contributed by atoms with Gasteiger partial charge >= 0.3 is 0 Å². The molecule has 0 aliphatic heterocycles. The van der Waals surface area contributed by atoms with Crippen molar-refractivity contribution in [1.29, 1.82) is 0 Å². The van der Waals surface area contributed by atoms with Crippen LogP contribution in [-0.4, -0.2) is 0 Å². The molecule has 0 spiro atoms. The molecule has 0 unspecified atom stereocenters. The van der Waals surface area contributed by atoms with E-state index >= 15 is 0 Å². The van der Waals surface area contributed by atoms with Crippen LogP contribution in [-0.2, 0) is 5.41 Å². The van der Waals surface area contributed by atoms with Crippen LogP contribution in [0.1, 0.15) is 68.9 Å². The van der Waals surface area contributed by atoms with Crippen LogP contribution in [0.5, 0.6) is 0 Å². The molecule has 0 amide bonds. The third kappa shape index (κ3) is 4.30. The van der Waals surface area contributed by atoms with E-state index in [9.17, 15) is 26.0 Å². The van der Waals surface area contributed by atoms with Crippen molar-refractivity contribution in [2.75, 3.05) is 0 Å². The molecule has 0 nitrogen and oxygen atoms in total. The summed E-state index contributed by atoms with van der Waals surface area (Å²) in [5.74, 6) is 0. The maximum Gasteiger partial charge on any atom is 0.0713 e. The molecular weight excluding hydrogens is 637 g/mol. The third-order valence-corrected chi connectivity index (χ3v) is 9.19. The maximum absolute atomic E-state index is 10.3. The Morgan fingerprint density at radius 3 is 1.75 bits per heavy atom. The van der Waals surface area contributed by atoms with Gasteiger partial charge in [-0.25, -0.2) is 0 Å². The van der Waals surface area contributed by atoms with Gasteiger partial charge in [0.05, 0.1) is 52.0 Å². The highest BCUT2D eigenvalue weighted by atomic mass is 14.4. The van der Waals surface area contributed by atoms with Gasteiger partial charge in [-0.05, 0) is 111 Å². The monoisotopic (exact) mass is 704 g/mol. The van der Waals surface area contributed by atoms with Gasteiger partial charge in [0, 0.05) is 0 Å². The molecule has 0 atom stereocenters. The van der Waals surface area contributed by atoms with Gasteiger partial charge < -0.3 is 0 Å². The van der Waals surface area contributed by atoms with E-state index in [-0.39, 0.29) is 0 Å². The summed E-state index contributed by atoms with van der Waals surface area (Å²) in [7, 11) is 0. The number of rotatable bonds is 4. The number of hydrogen-bond acceptors (Lipinski definition) is 0. The molecule has 0 N–H and O–H groups in total. The van der Waals surface area contributed by atoms with Crippen LogP contribution in [0, 0.1) is 0 Å². The molecule has 0 saturated carbocycles. The van der Waals surface area contributed by atoms with E-state index in [0.717, 1.165) is 0 Å². The van der Waals surface area contributed by atoms with Crippen LogP contribution in [0.2, 0.25) is 0 Å². The number of benzene rings is 10. The van der Waals surface area contributed by atoms with Crippen LogP contribution >= 0.6 is 0 Å². The summed E-state index contributed by atoms with van der Waals surface area (Å²) in [5, 5.41) is -6.11. The highest BCUT2D eigenvalue weighted by molar-refractivity contribution is 6.20. The molecule has 10 aromatic carbocycles. The summed E-state index contributed by atoms with van der Waals surface area (Å²) in [4.78, 5) is 0. The number of hydrogen-bond donors (Lipinski definition) is 0. The lowest BCUT2D eigenvalue weighted by atomic mass is 9.59. The summed E-state index contributed by atoms with van der Waals surface area (Å²) in [6.45, 7) is 0. The summed E-state index contributed by atoms with van der Waals surface area (Å²) in [6.07, 6.45) is 0. The fourth-order valence-corrected chi connectivity index (χ4v) is 7.06. The van der Waals surface area contributed by atoms with Crippen LogP contribution in [0.15, 0.2) is 205 Å². The Kier molecular flexibility index (Phi) is 2.55. The Morgan fingerprint density at radius 2 is 0.943 bits per heavy atom. The second-order valence-corrected chi connectivity index (χ2v) is 11.8. The van der Waals surface area contributed by atoms with E-state index in [1.54, 1.807) is 0 Å². The smallest absolute Gasteiger partial charge is 0.0622 e. The minimum atomic E-state index is -3.47. The van der Waals surface area contributed by atoms with Crippen molar-refractivity contribution in [3.05, 3.63) is 228 Å². The lowest BCUT2D eigenvalue weighted by Gasteiger charge is -2.42. The molecule has 53 heavy (non-hydrogen) atoms. The van der Waals surface area contributed by atoms with Crippen molar-refractivity contribution in [1.82, 2.24) is 0 Å². The van der Waals surface area contributed by atoms with Gasteiger partial charge in [-0.1, -0.05) is 193 Å². The second kappa shape index (κ2) is 11.6. The predicted octanol–water partition coefficient (Wildman–Crippen LogP) is 14.0. The van der Waals surface area contributed by atoms with Gasteiger partial charge in [0.15, 0.2) is 0 Å². The molecule has 246 valence electrons.